The summed E-state index contributed by atoms with van der Waals surface area (Å²) < 4.78 is 22.2. The second-order valence-electron chi connectivity index (χ2n) is 33.0. The fraction of sp³-hybridized carbons (Fsp3) is 0.344. The van der Waals surface area contributed by atoms with Gasteiger partial charge in [0.15, 0.2) is 18.6 Å². The Morgan fingerprint density at radius 1 is 0.301 bits per heavy atom. The minimum atomic E-state index is -1.54. The van der Waals surface area contributed by atoms with E-state index in [4.69, 9.17) is 0 Å². The summed E-state index contributed by atoms with van der Waals surface area (Å²) in [6.07, 6.45) is 27.9. The van der Waals surface area contributed by atoms with Crippen molar-refractivity contribution in [1.82, 2.24) is 0 Å². The normalized spacial score (nSPS) is 15.1. The second kappa shape index (κ2) is 30.9. The highest BCUT2D eigenvalue weighted by Gasteiger charge is 2.38. The van der Waals surface area contributed by atoms with Crippen molar-refractivity contribution in [3.05, 3.63) is 252 Å². The Labute approximate surface area is 620 Å². The number of halogens is 1. The number of pyridine rings is 3. The van der Waals surface area contributed by atoms with E-state index < -0.39 is 24.2 Å². The van der Waals surface area contributed by atoms with Crippen LogP contribution in [0.25, 0.3) is 99.5 Å². The summed E-state index contributed by atoms with van der Waals surface area (Å²) in [5.41, 5.74) is 24.1. The molecule has 0 bridgehead atoms. The van der Waals surface area contributed by atoms with E-state index >= 15 is 4.39 Å². The first-order chi connectivity index (χ1) is 49.5. The highest BCUT2D eigenvalue weighted by Crippen LogP contribution is 2.43. The van der Waals surface area contributed by atoms with Crippen molar-refractivity contribution in [2.45, 2.75) is 194 Å². The van der Waals surface area contributed by atoms with Crippen LogP contribution in [0.4, 0.5) is 4.39 Å². The molecule has 3 fully saturated rings. The van der Waals surface area contributed by atoms with Crippen LogP contribution < -0.4 is 29.3 Å². The maximum Gasteiger partial charge on any atom is 0.220 e. The SMILES string of the molecule is Cc1c(-c2c3ccc([Si](C)(C)C4CCCCC4)cc3cc[n+]2C)cc(-c2ccccc2)c(F)c1C.Cc1cc(-c2c(C)cccc2C)ccc1-c1c2ccc([Si](C)(C)C3CCCCC3)cc2cc[n+]1C.Cc1cc(-c2ccccc2)ccc1-c1c2ccc([Si](C)(C)C3CCCCC3)cc2cc[n+]1C. The van der Waals surface area contributed by atoms with E-state index in [1.165, 1.54) is 196 Å². The van der Waals surface area contributed by atoms with E-state index in [1.807, 2.05) is 37.3 Å². The Balaban J connectivity index is 0.000000138. The van der Waals surface area contributed by atoms with Crippen molar-refractivity contribution in [2.75, 3.05) is 0 Å². The van der Waals surface area contributed by atoms with Gasteiger partial charge in [-0.15, -0.1) is 0 Å². The lowest BCUT2D eigenvalue weighted by Crippen LogP contribution is -2.46. The van der Waals surface area contributed by atoms with Gasteiger partial charge in [-0.05, 0) is 172 Å². The number of fused-ring (bicyclic) bond motifs is 3. The smallest absolute Gasteiger partial charge is 0.206 e. The van der Waals surface area contributed by atoms with Crippen molar-refractivity contribution in [3.8, 4) is 67.2 Å². The summed E-state index contributed by atoms with van der Waals surface area (Å²) in [4.78, 5) is 0. The van der Waals surface area contributed by atoms with Crippen LogP contribution in [0.15, 0.2) is 213 Å². The molecule has 0 saturated heterocycles. The maximum absolute atomic E-state index is 15.4. The number of hydrogen-bond donors (Lipinski definition) is 0. The van der Waals surface area contributed by atoms with Crippen molar-refractivity contribution in [1.29, 1.82) is 0 Å². The molecule has 103 heavy (non-hydrogen) atoms. The van der Waals surface area contributed by atoms with Gasteiger partial charge >= 0.3 is 0 Å². The molecule has 0 amide bonds. The summed E-state index contributed by atoms with van der Waals surface area (Å²) in [6, 6.07) is 72.0. The van der Waals surface area contributed by atoms with Crippen molar-refractivity contribution in [2.24, 2.45) is 21.1 Å². The summed E-state index contributed by atoms with van der Waals surface area (Å²) in [5, 5.41) is 12.8. The third-order valence-electron chi connectivity index (χ3n) is 25.5. The summed E-state index contributed by atoms with van der Waals surface area (Å²) in [6.45, 7) is 28.4. The first kappa shape index (κ1) is 73.1. The predicted octanol–water partition coefficient (Wildman–Crippen LogP) is 23.7. The Hall–Kier alpha value is -8.21. The lowest BCUT2D eigenvalue weighted by Gasteiger charge is -2.36. The Bertz CT molecular complexity index is 5050. The largest absolute Gasteiger partial charge is 0.220 e. The highest BCUT2D eigenvalue weighted by atomic mass is 28.3. The van der Waals surface area contributed by atoms with Crippen LogP contribution in [-0.4, -0.2) is 24.2 Å². The molecule has 9 aromatic carbocycles. The van der Waals surface area contributed by atoms with Gasteiger partial charge in [-0.3, -0.25) is 0 Å². The molecule has 3 heterocycles. The van der Waals surface area contributed by atoms with Crippen molar-refractivity contribution in [3.63, 3.8) is 0 Å². The third-order valence-corrected chi connectivity index (χ3v) is 38.8. The van der Waals surface area contributed by atoms with E-state index in [0.29, 0.717) is 5.56 Å². The summed E-state index contributed by atoms with van der Waals surface area (Å²) >= 11 is 0. The molecule has 0 spiro atoms. The molecular weight excluding hydrogens is 1300 g/mol. The van der Waals surface area contributed by atoms with Crippen LogP contribution in [0, 0.1) is 47.4 Å². The molecule has 7 heteroatoms. The lowest BCUT2D eigenvalue weighted by molar-refractivity contribution is -0.659. The molecule has 0 atom stereocenters. The minimum absolute atomic E-state index is 0.122. The maximum atomic E-state index is 15.4. The molecule has 0 aliphatic heterocycles. The first-order valence-electron chi connectivity index (χ1n) is 39.0. The number of rotatable bonds is 12. The Morgan fingerprint density at radius 3 is 1.05 bits per heavy atom. The van der Waals surface area contributed by atoms with Gasteiger partial charge in [0, 0.05) is 34.9 Å². The van der Waals surface area contributed by atoms with Crippen molar-refractivity contribution >= 4 is 72.1 Å². The lowest BCUT2D eigenvalue weighted by atomic mass is 9.91. The molecule has 0 radical (unpaired) electrons. The number of hydrogen-bond acceptors (Lipinski definition) is 0. The average molecular weight is 1410 g/mol. The standard InChI is InChI=1S/C33H40NSi.C32H37FNSi.C31H36NSi/c1-23-11-10-12-24(2)32(23)27-15-17-30(25(3)21-27)33-31-18-16-29(22-26(31)19-20-34(33)4)35(5,6)28-13-8-7-9-14-28;1-22-23(2)31(33)30(24-12-8-6-9-13-24)21-29(22)32-28-17-16-27(20-25(28)18-19-34(32)3)35(4,5)26-14-10-7-11-15-26;1-23-21-25(24-11-7-5-8-12-24)15-17-29(23)31-30-18-16-28(22-26(30)19-20-32(31)2)33(3,4)27-13-9-6-10-14-27/h10-12,15-22,28H,7-9,13-14H2,1-6H3;6,8-9,12-13,16-21,26H,7,10-11,14-15H2,1-5H3;5,7-8,11-12,15-22,27H,6,9-10,13-14H2,1-4H3/q3*+1. The molecule has 3 aromatic heterocycles. The van der Waals surface area contributed by atoms with Gasteiger partial charge in [0.25, 0.3) is 0 Å². The highest BCUT2D eigenvalue weighted by molar-refractivity contribution is 6.92. The molecule has 3 aliphatic rings. The number of aromatic nitrogens is 3. The first-order valence-corrected chi connectivity index (χ1v) is 48.2. The second-order valence-corrected chi connectivity index (χ2v) is 47.5. The van der Waals surface area contributed by atoms with Gasteiger partial charge in [0.05, 0.1) is 45.9 Å². The fourth-order valence-corrected chi connectivity index (χ4v) is 28.6. The predicted molar refractivity (Wildman–Crippen MR) is 448 cm³/mol. The third kappa shape index (κ3) is 15.0. The molecule has 3 saturated carbocycles. The minimum Gasteiger partial charge on any atom is -0.206 e. The van der Waals surface area contributed by atoms with Gasteiger partial charge < -0.3 is 0 Å². The van der Waals surface area contributed by atoms with Crippen LogP contribution in [0.1, 0.15) is 130 Å². The van der Waals surface area contributed by atoms with Crippen LogP contribution >= 0.6 is 0 Å². The molecule has 528 valence electrons. The van der Waals surface area contributed by atoms with Crippen LogP contribution in [-0.2, 0) is 21.1 Å². The van der Waals surface area contributed by atoms with Gasteiger partial charge in [-0.25, -0.2) is 18.1 Å². The van der Waals surface area contributed by atoms with Crippen LogP contribution in [0.5, 0.6) is 0 Å². The van der Waals surface area contributed by atoms with E-state index in [2.05, 4.69) is 291 Å². The zero-order chi connectivity index (χ0) is 72.5. The Kier molecular flexibility index (Phi) is 21.9. The molecular formula is C96H113FN3Si3+3. The summed E-state index contributed by atoms with van der Waals surface area (Å²) in [7, 11) is 1.97. The van der Waals surface area contributed by atoms with E-state index in [-0.39, 0.29) is 5.82 Å². The van der Waals surface area contributed by atoms with Crippen molar-refractivity contribution < 1.29 is 18.1 Å². The van der Waals surface area contributed by atoms with E-state index in [0.717, 1.165) is 44.6 Å². The topological polar surface area (TPSA) is 11.6 Å². The zero-order valence-corrected chi connectivity index (χ0v) is 67.8. The summed E-state index contributed by atoms with van der Waals surface area (Å²) in [5.74, 6) is -0.122. The van der Waals surface area contributed by atoms with Gasteiger partial charge in [0.2, 0.25) is 17.1 Å². The molecule has 3 aliphatic carbocycles. The van der Waals surface area contributed by atoms with Gasteiger partial charge in [0.1, 0.15) is 27.0 Å². The van der Waals surface area contributed by atoms with Gasteiger partial charge in [-0.2, -0.15) is 0 Å². The van der Waals surface area contributed by atoms with E-state index in [9.17, 15) is 0 Å². The number of aryl methyl sites for hydroxylation is 7. The molecule has 0 N–H and O–H groups in total. The van der Waals surface area contributed by atoms with Crippen LogP contribution in [0.2, 0.25) is 55.9 Å². The van der Waals surface area contributed by atoms with Crippen LogP contribution in [0.3, 0.4) is 0 Å². The molecule has 12 aromatic rings. The Morgan fingerprint density at radius 2 is 0.660 bits per heavy atom. The quantitative estimate of drug-likeness (QED) is 0.0853. The van der Waals surface area contributed by atoms with Gasteiger partial charge in [-0.1, -0.05) is 291 Å². The average Bonchev–Trinajstić information content (AvgIpc) is 0.762. The monoisotopic (exact) mass is 1410 g/mol. The number of nitrogens with zero attached hydrogens (tertiary/aromatic N) is 3. The zero-order valence-electron chi connectivity index (χ0n) is 64.8. The molecule has 0 unspecified atom stereocenters. The van der Waals surface area contributed by atoms with E-state index in [1.54, 1.807) is 15.6 Å². The fourth-order valence-electron chi connectivity index (χ4n) is 18.6. The number of benzene rings is 9. The molecule has 15 rings (SSSR count). The molecule has 3 nitrogen and oxygen atoms in total.